The number of aryl methyl sites for hydroxylation is 1. The van der Waals surface area contributed by atoms with E-state index in [9.17, 15) is 5.11 Å². The number of aliphatic hydroxyl groups is 1. The Hall–Kier alpha value is -1.73. The Morgan fingerprint density at radius 2 is 2.04 bits per heavy atom. The zero-order chi connectivity index (χ0) is 15.8. The normalized spacial score (nSPS) is 21.7. The van der Waals surface area contributed by atoms with Crippen molar-refractivity contribution in [3.05, 3.63) is 30.0 Å². The molecule has 2 aliphatic rings. The molecule has 1 unspecified atom stereocenters. The van der Waals surface area contributed by atoms with E-state index in [1.54, 1.807) is 6.20 Å². The predicted molar refractivity (Wildman–Crippen MR) is 82.4 cm³/mol. The number of hydrogen-bond donors (Lipinski definition) is 1. The molecule has 23 heavy (non-hydrogen) atoms. The molecule has 0 bridgehead atoms. The highest BCUT2D eigenvalue weighted by atomic mass is 16.4. The van der Waals surface area contributed by atoms with E-state index in [1.165, 1.54) is 12.8 Å². The molecule has 7 heteroatoms. The quantitative estimate of drug-likeness (QED) is 0.903. The zero-order valence-electron chi connectivity index (χ0n) is 13.4. The Morgan fingerprint density at radius 1 is 1.26 bits per heavy atom. The molecule has 0 aromatic carbocycles. The van der Waals surface area contributed by atoms with Crippen molar-refractivity contribution in [1.29, 1.82) is 0 Å². The fourth-order valence-corrected chi connectivity index (χ4v) is 3.32. The third kappa shape index (κ3) is 3.16. The predicted octanol–water partition coefficient (Wildman–Crippen LogP) is 1.63. The summed E-state index contributed by atoms with van der Waals surface area (Å²) in [7, 11) is 1.92. The molecule has 2 aromatic rings. The molecule has 1 saturated heterocycles. The fraction of sp³-hybridized carbons (Fsp3) is 0.688. The topological polar surface area (TPSA) is 80.2 Å². The molecule has 1 N–H and O–H groups in total. The Labute approximate surface area is 135 Å². The molecule has 0 radical (unpaired) electrons. The van der Waals surface area contributed by atoms with Gasteiger partial charge in [0.25, 0.3) is 0 Å². The van der Waals surface area contributed by atoms with Gasteiger partial charge in [-0.1, -0.05) is 0 Å². The Balaban J connectivity index is 1.31. The molecule has 7 nitrogen and oxygen atoms in total. The van der Waals surface area contributed by atoms with Crippen LogP contribution in [0.25, 0.3) is 0 Å². The van der Waals surface area contributed by atoms with Crippen LogP contribution in [0.4, 0.5) is 0 Å². The maximum Gasteiger partial charge on any atom is 0.230 e. The van der Waals surface area contributed by atoms with Crippen molar-refractivity contribution in [2.24, 2.45) is 13.0 Å². The average molecular weight is 317 g/mol. The van der Waals surface area contributed by atoms with Gasteiger partial charge in [-0.25, -0.2) is 4.98 Å². The van der Waals surface area contributed by atoms with Crippen molar-refractivity contribution in [3.63, 3.8) is 0 Å². The smallest absolute Gasteiger partial charge is 0.230 e. The van der Waals surface area contributed by atoms with Crippen LogP contribution >= 0.6 is 0 Å². The molecular weight excluding hydrogens is 294 g/mol. The van der Waals surface area contributed by atoms with Gasteiger partial charge in [-0.2, -0.15) is 0 Å². The molecule has 1 aliphatic carbocycles. The molecule has 0 spiro atoms. The third-order valence-electron chi connectivity index (χ3n) is 4.97. The summed E-state index contributed by atoms with van der Waals surface area (Å²) in [5.41, 5.74) is 0. The van der Waals surface area contributed by atoms with Gasteiger partial charge in [0.15, 0.2) is 0 Å². The van der Waals surface area contributed by atoms with Gasteiger partial charge in [0.05, 0.1) is 6.54 Å². The Morgan fingerprint density at radius 3 is 2.70 bits per heavy atom. The van der Waals surface area contributed by atoms with Gasteiger partial charge < -0.3 is 14.1 Å². The highest BCUT2D eigenvalue weighted by molar-refractivity contribution is 5.01. The summed E-state index contributed by atoms with van der Waals surface area (Å²) in [4.78, 5) is 6.59. The minimum Gasteiger partial charge on any atom is -0.424 e. The summed E-state index contributed by atoms with van der Waals surface area (Å²) in [6.07, 6.45) is 7.40. The Bertz CT molecular complexity index is 655. The lowest BCUT2D eigenvalue weighted by atomic mass is 9.91. The lowest BCUT2D eigenvalue weighted by Crippen LogP contribution is -2.35. The number of imidazole rings is 1. The van der Waals surface area contributed by atoms with E-state index in [-0.39, 0.29) is 5.92 Å². The lowest BCUT2D eigenvalue weighted by Gasteiger charge is -2.33. The molecule has 2 fully saturated rings. The van der Waals surface area contributed by atoms with E-state index in [2.05, 4.69) is 20.1 Å². The first-order chi connectivity index (χ1) is 11.2. The van der Waals surface area contributed by atoms with Gasteiger partial charge in [-0.15, -0.1) is 10.2 Å². The minimum absolute atomic E-state index is 0.261. The van der Waals surface area contributed by atoms with Crippen LogP contribution in [-0.2, 0) is 13.6 Å². The molecular formula is C16H23N5O2. The van der Waals surface area contributed by atoms with Gasteiger partial charge >= 0.3 is 0 Å². The van der Waals surface area contributed by atoms with Crippen LogP contribution in [0, 0.1) is 5.92 Å². The number of aliphatic hydroxyl groups excluding tert-OH is 1. The van der Waals surface area contributed by atoms with Gasteiger partial charge in [0, 0.05) is 25.4 Å². The largest absolute Gasteiger partial charge is 0.424 e. The van der Waals surface area contributed by atoms with Crippen LogP contribution < -0.4 is 0 Å². The summed E-state index contributed by atoms with van der Waals surface area (Å²) in [6.45, 7) is 2.59. The fourth-order valence-electron chi connectivity index (χ4n) is 3.32. The number of hydrogen-bond acceptors (Lipinski definition) is 6. The molecule has 1 aliphatic heterocycles. The van der Waals surface area contributed by atoms with Crippen molar-refractivity contribution >= 4 is 0 Å². The second kappa shape index (κ2) is 6.05. The van der Waals surface area contributed by atoms with Crippen LogP contribution in [0.2, 0.25) is 0 Å². The van der Waals surface area contributed by atoms with E-state index in [0.717, 1.165) is 43.5 Å². The Kier molecular flexibility index (Phi) is 3.90. The minimum atomic E-state index is -0.484. The second-order valence-electron chi connectivity index (χ2n) is 6.76. The van der Waals surface area contributed by atoms with Crippen LogP contribution in [-0.4, -0.2) is 42.8 Å². The van der Waals surface area contributed by atoms with Gasteiger partial charge in [0.2, 0.25) is 11.8 Å². The van der Waals surface area contributed by atoms with Crippen molar-refractivity contribution in [2.75, 3.05) is 13.1 Å². The molecule has 0 amide bonds. The van der Waals surface area contributed by atoms with Crippen molar-refractivity contribution in [1.82, 2.24) is 24.6 Å². The van der Waals surface area contributed by atoms with Gasteiger partial charge in [-0.05, 0) is 44.7 Å². The van der Waals surface area contributed by atoms with Crippen molar-refractivity contribution in [3.8, 4) is 0 Å². The lowest BCUT2D eigenvalue weighted by molar-refractivity contribution is 0.0470. The number of piperidine rings is 1. The monoisotopic (exact) mass is 317 g/mol. The highest BCUT2D eigenvalue weighted by Crippen LogP contribution is 2.39. The molecule has 124 valence electrons. The van der Waals surface area contributed by atoms with E-state index in [4.69, 9.17) is 4.42 Å². The van der Waals surface area contributed by atoms with Crippen LogP contribution in [0.1, 0.15) is 55.3 Å². The average Bonchev–Trinajstić information content (AvgIpc) is 3.16. The summed E-state index contributed by atoms with van der Waals surface area (Å²) in [6, 6.07) is 0. The van der Waals surface area contributed by atoms with Crippen LogP contribution in [0.5, 0.6) is 0 Å². The summed E-state index contributed by atoms with van der Waals surface area (Å²) < 4.78 is 7.63. The third-order valence-corrected chi connectivity index (χ3v) is 4.97. The maximum atomic E-state index is 10.5. The SMILES string of the molecule is Cn1ccnc1C(O)C1CCN(Cc2nnc(C3CC3)o2)CC1. The first-order valence-corrected chi connectivity index (χ1v) is 8.40. The summed E-state index contributed by atoms with van der Waals surface area (Å²) >= 11 is 0. The van der Waals surface area contributed by atoms with E-state index in [1.807, 2.05) is 17.8 Å². The summed E-state index contributed by atoms with van der Waals surface area (Å²) in [5.74, 6) is 3.05. The maximum absolute atomic E-state index is 10.5. The van der Waals surface area contributed by atoms with E-state index < -0.39 is 6.10 Å². The van der Waals surface area contributed by atoms with Gasteiger partial charge in [-0.3, -0.25) is 4.90 Å². The molecule has 2 aromatic heterocycles. The number of rotatable bonds is 5. The van der Waals surface area contributed by atoms with E-state index in [0.29, 0.717) is 12.5 Å². The van der Waals surface area contributed by atoms with Crippen molar-refractivity contribution < 1.29 is 9.52 Å². The number of likely N-dealkylation sites (tertiary alicyclic amines) is 1. The van der Waals surface area contributed by atoms with Gasteiger partial charge in [0.1, 0.15) is 11.9 Å². The van der Waals surface area contributed by atoms with Crippen LogP contribution in [0.15, 0.2) is 16.8 Å². The first-order valence-electron chi connectivity index (χ1n) is 8.40. The molecule has 1 atom stereocenters. The molecule has 4 rings (SSSR count). The van der Waals surface area contributed by atoms with Crippen LogP contribution in [0.3, 0.4) is 0 Å². The molecule has 1 saturated carbocycles. The number of nitrogens with zero attached hydrogens (tertiary/aromatic N) is 5. The second-order valence-corrected chi connectivity index (χ2v) is 6.76. The number of aromatic nitrogens is 4. The summed E-state index contributed by atoms with van der Waals surface area (Å²) in [5, 5.41) is 18.8. The van der Waals surface area contributed by atoms with Crippen molar-refractivity contribution in [2.45, 2.75) is 44.2 Å². The first kappa shape index (κ1) is 14.8. The standard InChI is InChI=1S/C16H23N5O2/c1-20-9-6-17-15(20)14(22)11-4-7-21(8-5-11)10-13-18-19-16(23-13)12-2-3-12/h6,9,11-12,14,22H,2-5,7-8,10H2,1H3. The zero-order valence-corrected chi connectivity index (χ0v) is 13.4. The highest BCUT2D eigenvalue weighted by Gasteiger charge is 2.31. The van der Waals surface area contributed by atoms with E-state index >= 15 is 0 Å². The molecule has 3 heterocycles.